The van der Waals surface area contributed by atoms with Crippen LogP contribution in [0.15, 0.2) is 18.2 Å². The van der Waals surface area contributed by atoms with E-state index < -0.39 is 0 Å². The van der Waals surface area contributed by atoms with Gasteiger partial charge in [-0.2, -0.15) is 0 Å². The summed E-state index contributed by atoms with van der Waals surface area (Å²) in [4.78, 5) is 0. The summed E-state index contributed by atoms with van der Waals surface area (Å²) < 4.78 is 5.53. The third-order valence-electron chi connectivity index (χ3n) is 4.18. The van der Waals surface area contributed by atoms with Gasteiger partial charge in [0.25, 0.3) is 0 Å². The highest BCUT2D eigenvalue weighted by molar-refractivity contribution is 5.39. The summed E-state index contributed by atoms with van der Waals surface area (Å²) in [5.74, 6) is 1.93. The van der Waals surface area contributed by atoms with Crippen LogP contribution in [-0.2, 0) is 13.0 Å². The third-order valence-corrected chi connectivity index (χ3v) is 4.18. The minimum Gasteiger partial charge on any atom is -0.493 e. The summed E-state index contributed by atoms with van der Waals surface area (Å²) in [6.07, 6.45) is 5.19. The quantitative estimate of drug-likeness (QED) is 0.863. The van der Waals surface area contributed by atoms with Crippen LogP contribution >= 0.6 is 0 Å². The molecule has 1 saturated carbocycles. The highest BCUT2D eigenvalue weighted by atomic mass is 16.5. The highest BCUT2D eigenvalue weighted by Gasteiger charge is 2.22. The van der Waals surface area contributed by atoms with Crippen LogP contribution in [0.3, 0.4) is 0 Å². The Morgan fingerprint density at radius 3 is 3.12 bits per heavy atom. The van der Waals surface area contributed by atoms with Crippen molar-refractivity contribution in [2.75, 3.05) is 6.61 Å². The Bertz CT molecular complexity index is 402. The average molecular weight is 231 g/mol. The Hall–Kier alpha value is -1.02. The molecule has 0 amide bonds. The zero-order valence-electron chi connectivity index (χ0n) is 10.5. The Kier molecular flexibility index (Phi) is 3.06. The molecule has 0 radical (unpaired) electrons. The first-order chi connectivity index (χ1) is 8.33. The predicted octanol–water partition coefficient (Wildman–Crippen LogP) is 2.90. The van der Waals surface area contributed by atoms with Gasteiger partial charge in [-0.05, 0) is 36.0 Å². The SMILES string of the molecule is CC1CCCC1NCc1ccc2c(c1)CCO2. The van der Waals surface area contributed by atoms with Crippen molar-refractivity contribution in [1.82, 2.24) is 5.32 Å². The van der Waals surface area contributed by atoms with E-state index in [2.05, 4.69) is 30.4 Å². The Morgan fingerprint density at radius 2 is 2.29 bits per heavy atom. The number of benzene rings is 1. The minimum atomic E-state index is 0.722. The molecular formula is C15H21NO. The van der Waals surface area contributed by atoms with E-state index in [0.717, 1.165) is 37.3 Å². The molecule has 92 valence electrons. The standard InChI is InChI=1S/C15H21NO/c1-11-3-2-4-14(11)16-10-12-5-6-15-13(9-12)7-8-17-15/h5-6,9,11,14,16H,2-4,7-8,10H2,1H3. The van der Waals surface area contributed by atoms with Crippen molar-refractivity contribution >= 4 is 0 Å². The molecule has 1 fully saturated rings. The summed E-state index contributed by atoms with van der Waals surface area (Å²) in [5, 5.41) is 3.70. The molecule has 2 heteroatoms. The van der Waals surface area contributed by atoms with Crippen molar-refractivity contribution in [3.8, 4) is 5.75 Å². The van der Waals surface area contributed by atoms with E-state index in [-0.39, 0.29) is 0 Å². The number of hydrogen-bond acceptors (Lipinski definition) is 2. The molecule has 17 heavy (non-hydrogen) atoms. The number of nitrogens with one attached hydrogen (secondary N) is 1. The smallest absolute Gasteiger partial charge is 0.122 e. The summed E-state index contributed by atoms with van der Waals surface area (Å²) in [5.41, 5.74) is 2.78. The maximum Gasteiger partial charge on any atom is 0.122 e. The Labute approximate surface area is 103 Å². The van der Waals surface area contributed by atoms with Gasteiger partial charge >= 0.3 is 0 Å². The molecule has 1 aromatic carbocycles. The van der Waals surface area contributed by atoms with Crippen molar-refractivity contribution in [3.05, 3.63) is 29.3 Å². The molecule has 0 spiro atoms. The van der Waals surface area contributed by atoms with Gasteiger partial charge in [0.2, 0.25) is 0 Å². The van der Waals surface area contributed by atoms with Crippen LogP contribution in [0.2, 0.25) is 0 Å². The monoisotopic (exact) mass is 231 g/mol. The maximum atomic E-state index is 5.53. The van der Waals surface area contributed by atoms with Crippen molar-refractivity contribution < 1.29 is 4.74 Å². The second kappa shape index (κ2) is 4.69. The zero-order valence-corrected chi connectivity index (χ0v) is 10.5. The van der Waals surface area contributed by atoms with Gasteiger partial charge in [0.1, 0.15) is 5.75 Å². The van der Waals surface area contributed by atoms with Crippen LogP contribution in [0.1, 0.15) is 37.3 Å². The molecule has 1 aliphatic carbocycles. The fraction of sp³-hybridized carbons (Fsp3) is 0.600. The fourth-order valence-electron chi connectivity index (χ4n) is 3.05. The molecule has 1 heterocycles. The van der Waals surface area contributed by atoms with E-state index in [1.807, 2.05) is 0 Å². The van der Waals surface area contributed by atoms with Crippen molar-refractivity contribution in [2.45, 2.75) is 45.2 Å². The summed E-state index contributed by atoms with van der Waals surface area (Å²) in [7, 11) is 0. The molecule has 2 atom stereocenters. The lowest BCUT2D eigenvalue weighted by Gasteiger charge is -2.17. The normalized spacial score (nSPS) is 26.9. The topological polar surface area (TPSA) is 21.3 Å². The van der Waals surface area contributed by atoms with Gasteiger partial charge in [0.15, 0.2) is 0 Å². The lowest BCUT2D eigenvalue weighted by molar-refractivity contribution is 0.356. The van der Waals surface area contributed by atoms with Crippen LogP contribution in [0.5, 0.6) is 5.75 Å². The molecule has 3 rings (SSSR count). The largest absolute Gasteiger partial charge is 0.493 e. The van der Waals surface area contributed by atoms with E-state index >= 15 is 0 Å². The number of hydrogen-bond donors (Lipinski definition) is 1. The van der Waals surface area contributed by atoms with E-state index in [1.54, 1.807) is 0 Å². The molecule has 0 bridgehead atoms. The van der Waals surface area contributed by atoms with Crippen LogP contribution < -0.4 is 10.1 Å². The van der Waals surface area contributed by atoms with Crippen molar-refractivity contribution in [1.29, 1.82) is 0 Å². The van der Waals surface area contributed by atoms with Crippen molar-refractivity contribution in [3.63, 3.8) is 0 Å². The third kappa shape index (κ3) is 2.32. The van der Waals surface area contributed by atoms with Gasteiger partial charge in [0.05, 0.1) is 6.61 Å². The second-order valence-corrected chi connectivity index (χ2v) is 5.44. The molecular weight excluding hydrogens is 210 g/mol. The van der Waals surface area contributed by atoms with E-state index in [0.29, 0.717) is 0 Å². The lowest BCUT2D eigenvalue weighted by atomic mass is 10.1. The Morgan fingerprint density at radius 1 is 1.35 bits per heavy atom. The summed E-state index contributed by atoms with van der Waals surface area (Å²) in [6, 6.07) is 7.34. The first-order valence-electron chi connectivity index (χ1n) is 6.81. The molecule has 1 N–H and O–H groups in total. The molecule has 0 aromatic heterocycles. The van der Waals surface area contributed by atoms with Gasteiger partial charge in [-0.15, -0.1) is 0 Å². The minimum absolute atomic E-state index is 0.722. The number of fused-ring (bicyclic) bond motifs is 1. The van der Waals surface area contributed by atoms with Gasteiger partial charge in [-0.25, -0.2) is 0 Å². The number of rotatable bonds is 3. The first kappa shape index (κ1) is 11.1. The van der Waals surface area contributed by atoms with E-state index in [9.17, 15) is 0 Å². The van der Waals surface area contributed by atoms with Crippen LogP contribution in [0, 0.1) is 5.92 Å². The molecule has 2 aliphatic rings. The first-order valence-corrected chi connectivity index (χ1v) is 6.81. The molecule has 1 aliphatic heterocycles. The van der Waals surface area contributed by atoms with E-state index in [4.69, 9.17) is 4.74 Å². The molecule has 2 nitrogen and oxygen atoms in total. The number of ether oxygens (including phenoxy) is 1. The van der Waals surface area contributed by atoms with Crippen LogP contribution in [0.25, 0.3) is 0 Å². The second-order valence-electron chi connectivity index (χ2n) is 5.44. The van der Waals surface area contributed by atoms with Crippen molar-refractivity contribution in [2.24, 2.45) is 5.92 Å². The van der Waals surface area contributed by atoms with Gasteiger partial charge in [0, 0.05) is 19.0 Å². The Balaban J connectivity index is 1.61. The molecule has 0 saturated heterocycles. The molecule has 2 unspecified atom stereocenters. The predicted molar refractivity (Wildman–Crippen MR) is 69.3 cm³/mol. The van der Waals surface area contributed by atoms with Gasteiger partial charge in [-0.1, -0.05) is 25.5 Å². The fourth-order valence-corrected chi connectivity index (χ4v) is 3.05. The lowest BCUT2D eigenvalue weighted by Crippen LogP contribution is -2.30. The van der Waals surface area contributed by atoms with Crippen LogP contribution in [-0.4, -0.2) is 12.6 Å². The summed E-state index contributed by atoms with van der Waals surface area (Å²) in [6.45, 7) is 4.22. The summed E-state index contributed by atoms with van der Waals surface area (Å²) >= 11 is 0. The van der Waals surface area contributed by atoms with Gasteiger partial charge < -0.3 is 10.1 Å². The van der Waals surface area contributed by atoms with Gasteiger partial charge in [-0.3, -0.25) is 0 Å². The van der Waals surface area contributed by atoms with Crippen LogP contribution in [0.4, 0.5) is 0 Å². The zero-order chi connectivity index (χ0) is 11.7. The average Bonchev–Trinajstić information content (AvgIpc) is 2.94. The molecule has 1 aromatic rings. The van der Waals surface area contributed by atoms with E-state index in [1.165, 1.54) is 30.4 Å². The highest BCUT2D eigenvalue weighted by Crippen LogP contribution is 2.27. The maximum absolute atomic E-state index is 5.53.